The van der Waals surface area contributed by atoms with E-state index < -0.39 is 0 Å². The molecular weight excluding hydrogens is 252 g/mol. The Balaban J connectivity index is 1.85. The fourth-order valence-electron chi connectivity index (χ4n) is 3.09. The molecule has 1 fully saturated rings. The summed E-state index contributed by atoms with van der Waals surface area (Å²) in [6.07, 6.45) is 4.49. The van der Waals surface area contributed by atoms with Crippen molar-refractivity contribution in [1.29, 1.82) is 0 Å². The van der Waals surface area contributed by atoms with Gasteiger partial charge in [-0.15, -0.1) is 0 Å². The molecule has 108 valence electrons. The van der Waals surface area contributed by atoms with Gasteiger partial charge in [-0.05, 0) is 62.4 Å². The summed E-state index contributed by atoms with van der Waals surface area (Å²) < 4.78 is 7.10. The van der Waals surface area contributed by atoms with E-state index in [9.17, 15) is 4.79 Å². The minimum absolute atomic E-state index is 0.235. The third-order valence-corrected chi connectivity index (χ3v) is 4.16. The van der Waals surface area contributed by atoms with Crippen molar-refractivity contribution in [3.05, 3.63) is 34.3 Å². The molecule has 0 unspecified atom stereocenters. The molecule has 4 nitrogen and oxygen atoms in total. The molecule has 0 saturated carbocycles. The molecule has 2 heterocycles. The Bertz CT molecular complexity index is 635. The van der Waals surface area contributed by atoms with Gasteiger partial charge in [0.15, 0.2) is 5.58 Å². The van der Waals surface area contributed by atoms with Crippen LogP contribution in [0.25, 0.3) is 11.1 Å². The molecule has 20 heavy (non-hydrogen) atoms. The largest absolute Gasteiger partial charge is 0.419 e. The number of aromatic nitrogens is 1. The second kappa shape index (κ2) is 5.83. The zero-order valence-corrected chi connectivity index (χ0v) is 12.0. The zero-order chi connectivity index (χ0) is 13.9. The van der Waals surface area contributed by atoms with Crippen molar-refractivity contribution in [2.45, 2.75) is 39.2 Å². The number of nitrogens with zero attached hydrogens (tertiary/aromatic N) is 1. The minimum Gasteiger partial charge on any atom is -0.408 e. The molecule has 1 aromatic carbocycles. The second-order valence-corrected chi connectivity index (χ2v) is 5.72. The highest BCUT2D eigenvalue weighted by molar-refractivity contribution is 5.73. The van der Waals surface area contributed by atoms with Gasteiger partial charge in [-0.1, -0.05) is 13.0 Å². The first-order chi connectivity index (χ1) is 9.78. The molecule has 0 bridgehead atoms. The lowest BCUT2D eigenvalue weighted by atomic mass is 9.91. The Labute approximate surface area is 118 Å². The summed E-state index contributed by atoms with van der Waals surface area (Å²) in [5.41, 5.74) is 2.93. The number of piperidine rings is 1. The van der Waals surface area contributed by atoms with Gasteiger partial charge in [-0.2, -0.15) is 0 Å². The van der Waals surface area contributed by atoms with Crippen LogP contribution in [0.3, 0.4) is 0 Å². The molecule has 0 atom stereocenters. The maximum Gasteiger partial charge on any atom is 0.419 e. The number of benzene rings is 1. The van der Waals surface area contributed by atoms with Crippen LogP contribution in [0.1, 0.15) is 31.7 Å². The Morgan fingerprint density at radius 2 is 2.15 bits per heavy atom. The number of fused-ring (bicyclic) bond motifs is 1. The lowest BCUT2D eigenvalue weighted by Gasteiger charge is -2.22. The van der Waals surface area contributed by atoms with Crippen LogP contribution in [-0.4, -0.2) is 17.7 Å². The Morgan fingerprint density at radius 1 is 1.35 bits per heavy atom. The van der Waals surface area contributed by atoms with E-state index in [0.717, 1.165) is 49.5 Å². The molecule has 1 saturated heterocycles. The van der Waals surface area contributed by atoms with Crippen LogP contribution >= 0.6 is 0 Å². The fourth-order valence-corrected chi connectivity index (χ4v) is 3.09. The number of nitrogens with one attached hydrogen (secondary N) is 1. The van der Waals surface area contributed by atoms with Crippen molar-refractivity contribution in [2.24, 2.45) is 5.92 Å². The van der Waals surface area contributed by atoms with Crippen molar-refractivity contribution in [3.63, 3.8) is 0 Å². The molecule has 4 heteroatoms. The molecule has 0 aliphatic carbocycles. The van der Waals surface area contributed by atoms with Gasteiger partial charge in [0, 0.05) is 6.54 Å². The Kier molecular flexibility index (Phi) is 3.92. The van der Waals surface area contributed by atoms with Crippen LogP contribution in [0.15, 0.2) is 27.4 Å². The number of rotatable bonds is 4. The molecule has 2 aromatic rings. The van der Waals surface area contributed by atoms with Crippen LogP contribution in [0.5, 0.6) is 0 Å². The third kappa shape index (κ3) is 2.66. The van der Waals surface area contributed by atoms with E-state index in [4.69, 9.17) is 4.42 Å². The van der Waals surface area contributed by atoms with Gasteiger partial charge in [-0.3, -0.25) is 4.57 Å². The van der Waals surface area contributed by atoms with Gasteiger partial charge >= 0.3 is 5.76 Å². The number of hydrogen-bond donors (Lipinski definition) is 1. The molecule has 1 aliphatic rings. The summed E-state index contributed by atoms with van der Waals surface area (Å²) in [6.45, 7) is 5.03. The van der Waals surface area contributed by atoms with E-state index in [1.807, 2.05) is 12.1 Å². The summed E-state index contributed by atoms with van der Waals surface area (Å²) in [5, 5.41) is 3.39. The lowest BCUT2D eigenvalue weighted by Crippen LogP contribution is -2.28. The SMILES string of the molecule is CCCn1c(=O)oc2cc(CC3CCNCC3)ccc21. The monoisotopic (exact) mass is 274 g/mol. The first-order valence-corrected chi connectivity index (χ1v) is 7.61. The van der Waals surface area contributed by atoms with E-state index in [1.165, 1.54) is 18.4 Å². The topological polar surface area (TPSA) is 47.2 Å². The van der Waals surface area contributed by atoms with Crippen LogP contribution in [-0.2, 0) is 13.0 Å². The molecule has 1 N–H and O–H groups in total. The van der Waals surface area contributed by atoms with Gasteiger partial charge in [0.2, 0.25) is 0 Å². The smallest absolute Gasteiger partial charge is 0.408 e. The first kappa shape index (κ1) is 13.4. The predicted molar refractivity (Wildman–Crippen MR) is 80.1 cm³/mol. The van der Waals surface area contributed by atoms with Crippen molar-refractivity contribution >= 4 is 11.1 Å². The highest BCUT2D eigenvalue weighted by Crippen LogP contribution is 2.21. The third-order valence-electron chi connectivity index (χ3n) is 4.16. The van der Waals surface area contributed by atoms with Crippen LogP contribution in [0.4, 0.5) is 0 Å². The fraction of sp³-hybridized carbons (Fsp3) is 0.562. The molecule has 0 radical (unpaired) electrons. The van der Waals surface area contributed by atoms with Gasteiger partial charge in [0.05, 0.1) is 5.52 Å². The Morgan fingerprint density at radius 3 is 2.90 bits per heavy atom. The molecule has 0 spiro atoms. The molecular formula is C16H22N2O2. The number of hydrogen-bond acceptors (Lipinski definition) is 3. The van der Waals surface area contributed by atoms with Crippen molar-refractivity contribution < 1.29 is 4.42 Å². The summed E-state index contributed by atoms with van der Waals surface area (Å²) in [7, 11) is 0. The normalized spacial score (nSPS) is 16.9. The molecule has 1 aliphatic heterocycles. The summed E-state index contributed by atoms with van der Waals surface area (Å²) in [4.78, 5) is 11.8. The van der Waals surface area contributed by atoms with E-state index >= 15 is 0 Å². The van der Waals surface area contributed by atoms with Gasteiger partial charge in [0.25, 0.3) is 0 Å². The van der Waals surface area contributed by atoms with E-state index in [1.54, 1.807) is 4.57 Å². The lowest BCUT2D eigenvalue weighted by molar-refractivity contribution is 0.372. The van der Waals surface area contributed by atoms with Crippen molar-refractivity contribution in [1.82, 2.24) is 9.88 Å². The predicted octanol–water partition coefficient (Wildman–Crippen LogP) is 2.55. The maximum absolute atomic E-state index is 11.8. The van der Waals surface area contributed by atoms with E-state index in [0.29, 0.717) is 0 Å². The summed E-state index contributed by atoms with van der Waals surface area (Å²) in [5.74, 6) is 0.513. The van der Waals surface area contributed by atoms with Gasteiger partial charge < -0.3 is 9.73 Å². The molecule has 3 rings (SSSR count). The minimum atomic E-state index is -0.235. The maximum atomic E-state index is 11.8. The van der Waals surface area contributed by atoms with Crippen LogP contribution in [0.2, 0.25) is 0 Å². The second-order valence-electron chi connectivity index (χ2n) is 5.72. The zero-order valence-electron chi connectivity index (χ0n) is 12.0. The average molecular weight is 274 g/mol. The molecule has 0 amide bonds. The first-order valence-electron chi connectivity index (χ1n) is 7.61. The highest BCUT2D eigenvalue weighted by Gasteiger charge is 2.15. The van der Waals surface area contributed by atoms with Crippen molar-refractivity contribution in [2.75, 3.05) is 13.1 Å². The summed E-state index contributed by atoms with van der Waals surface area (Å²) in [6, 6.07) is 6.22. The van der Waals surface area contributed by atoms with E-state index in [-0.39, 0.29) is 5.76 Å². The molecule has 1 aromatic heterocycles. The standard InChI is InChI=1S/C16H22N2O2/c1-2-9-18-14-4-3-13(11-15(14)20-16(18)19)10-12-5-7-17-8-6-12/h3-4,11-12,17H,2,5-10H2,1H3. The quantitative estimate of drug-likeness (QED) is 0.932. The van der Waals surface area contributed by atoms with Gasteiger partial charge in [0.1, 0.15) is 0 Å². The Hall–Kier alpha value is -1.55. The van der Waals surface area contributed by atoms with Crippen molar-refractivity contribution in [3.8, 4) is 0 Å². The highest BCUT2D eigenvalue weighted by atomic mass is 16.4. The number of oxazole rings is 1. The average Bonchev–Trinajstić information content (AvgIpc) is 2.76. The van der Waals surface area contributed by atoms with Crippen LogP contribution < -0.4 is 11.1 Å². The van der Waals surface area contributed by atoms with Crippen LogP contribution in [0, 0.1) is 5.92 Å². The van der Waals surface area contributed by atoms with Gasteiger partial charge in [-0.25, -0.2) is 4.79 Å². The number of aryl methyl sites for hydroxylation is 1. The summed E-state index contributed by atoms with van der Waals surface area (Å²) >= 11 is 0. The van der Waals surface area contributed by atoms with E-state index in [2.05, 4.69) is 18.3 Å².